The summed E-state index contributed by atoms with van der Waals surface area (Å²) >= 11 is 0. The average Bonchev–Trinajstić information content (AvgIpc) is 2.35. The number of hydrogen-bond donors (Lipinski definition) is 3. The van der Waals surface area contributed by atoms with E-state index in [1.165, 1.54) is 32.1 Å². The van der Waals surface area contributed by atoms with E-state index >= 15 is 0 Å². The second-order valence-corrected chi connectivity index (χ2v) is 10.0. The van der Waals surface area contributed by atoms with Crippen molar-refractivity contribution in [2.75, 3.05) is 0 Å². The van der Waals surface area contributed by atoms with E-state index in [1.807, 2.05) is 0 Å². The maximum atomic E-state index is 11.4. The third kappa shape index (κ3) is 4.16. The first-order valence-corrected chi connectivity index (χ1v) is 10.5. The molecular weight excluding hydrogens is 302 g/mol. The van der Waals surface area contributed by atoms with Crippen LogP contribution >= 0.6 is 15.2 Å². The maximum absolute atomic E-state index is 11.4. The van der Waals surface area contributed by atoms with Gasteiger partial charge in [-0.05, 0) is 12.8 Å². The van der Waals surface area contributed by atoms with Crippen LogP contribution in [0.1, 0.15) is 71.1 Å². The van der Waals surface area contributed by atoms with Crippen LogP contribution in [-0.2, 0) is 13.4 Å². The fraction of sp³-hybridized carbons (Fsp3) is 1.00. The predicted octanol–water partition coefficient (Wildman–Crippen LogP) is 3.95. The monoisotopic (exact) mass is 328 g/mol. The Morgan fingerprint density at radius 1 is 0.850 bits per heavy atom. The number of hydrogen-bond acceptors (Lipinski definition) is 4. The lowest BCUT2D eigenvalue weighted by Crippen LogP contribution is -2.37. The molecule has 0 aliphatic carbocycles. The van der Waals surface area contributed by atoms with Gasteiger partial charge in [0.05, 0.1) is 0 Å². The Morgan fingerprint density at radius 3 is 1.65 bits per heavy atom. The molecule has 8 heteroatoms. The van der Waals surface area contributed by atoms with Crippen LogP contribution in [-0.4, -0.2) is 20.0 Å². The van der Waals surface area contributed by atoms with Gasteiger partial charge in [0, 0.05) is 0 Å². The summed E-state index contributed by atoms with van der Waals surface area (Å²) in [6, 6.07) is 0. The number of unbranched alkanes of at least 4 members (excludes halogenated alkanes) is 8. The van der Waals surface area contributed by atoms with Gasteiger partial charge in [0.15, 0.2) is 0 Å². The van der Waals surface area contributed by atoms with Crippen molar-refractivity contribution in [3.05, 3.63) is 0 Å². The van der Waals surface area contributed by atoms with Gasteiger partial charge in [-0.3, -0.25) is 9.13 Å². The highest BCUT2D eigenvalue weighted by molar-refractivity contribution is 7.85. The van der Waals surface area contributed by atoms with Crippen molar-refractivity contribution in [3.63, 3.8) is 0 Å². The van der Waals surface area contributed by atoms with E-state index in [-0.39, 0.29) is 6.42 Å². The van der Waals surface area contributed by atoms with Gasteiger partial charge in [0.25, 0.3) is 5.08 Å². The molecule has 1 aliphatic heterocycles. The SMILES string of the molecule is CCCCCCCCCCCC1(O)P(=O)(O)OP1(=O)O. The molecule has 2 unspecified atom stereocenters. The maximum Gasteiger partial charge on any atom is 0.379 e. The van der Waals surface area contributed by atoms with Crippen LogP contribution in [0.4, 0.5) is 0 Å². The van der Waals surface area contributed by atoms with E-state index in [4.69, 9.17) is 0 Å². The Hall–Kier alpha value is 0.300. The van der Waals surface area contributed by atoms with Crippen molar-refractivity contribution in [2.24, 2.45) is 0 Å². The molecule has 0 spiro atoms. The molecule has 2 atom stereocenters. The molecule has 20 heavy (non-hydrogen) atoms. The van der Waals surface area contributed by atoms with Gasteiger partial charge in [-0.15, -0.1) is 0 Å². The minimum absolute atomic E-state index is 0.162. The van der Waals surface area contributed by atoms with Crippen molar-refractivity contribution in [3.8, 4) is 0 Å². The summed E-state index contributed by atoms with van der Waals surface area (Å²) in [5, 5.41) is 7.37. The molecule has 0 amide bonds. The van der Waals surface area contributed by atoms with E-state index in [1.54, 1.807) is 0 Å². The Kier molecular flexibility index (Phi) is 6.91. The van der Waals surface area contributed by atoms with E-state index in [0.29, 0.717) is 6.42 Å². The average molecular weight is 328 g/mol. The van der Waals surface area contributed by atoms with Gasteiger partial charge in [-0.1, -0.05) is 58.3 Å². The molecule has 1 fully saturated rings. The highest BCUT2D eigenvalue weighted by atomic mass is 31.3. The standard InChI is InChI=1S/C12H26O6P2/c1-2-3-4-5-6-7-8-9-10-11-12(13)19(14,15)18-20(12,16)17/h13H,2-11H2,1H3,(H,14,15)(H,16,17). The fourth-order valence-electron chi connectivity index (χ4n) is 2.36. The lowest BCUT2D eigenvalue weighted by Gasteiger charge is -2.43. The zero-order valence-electron chi connectivity index (χ0n) is 12.0. The minimum atomic E-state index is -4.34. The summed E-state index contributed by atoms with van der Waals surface area (Å²) in [6.45, 7) is 2.18. The molecule has 0 aromatic heterocycles. The summed E-state index contributed by atoms with van der Waals surface area (Å²) in [4.78, 5) is 18.5. The Bertz CT molecular complexity index is 375. The third-order valence-electron chi connectivity index (χ3n) is 3.74. The van der Waals surface area contributed by atoms with Crippen LogP contribution in [0.2, 0.25) is 0 Å². The Balaban J connectivity index is 2.12. The van der Waals surface area contributed by atoms with Crippen LogP contribution in [0.5, 0.6) is 0 Å². The van der Waals surface area contributed by atoms with Gasteiger partial charge in [-0.2, -0.15) is 0 Å². The van der Waals surface area contributed by atoms with Crippen molar-refractivity contribution in [1.82, 2.24) is 0 Å². The second kappa shape index (κ2) is 7.53. The van der Waals surface area contributed by atoms with Gasteiger partial charge in [-0.25, -0.2) is 4.31 Å². The molecule has 0 bridgehead atoms. The van der Waals surface area contributed by atoms with E-state index in [9.17, 15) is 24.0 Å². The largest absolute Gasteiger partial charge is 0.379 e. The molecule has 1 saturated heterocycles. The first-order valence-electron chi connectivity index (χ1n) is 7.36. The first-order chi connectivity index (χ1) is 9.27. The highest BCUT2D eigenvalue weighted by Crippen LogP contribution is 2.88. The normalized spacial score (nSPS) is 36.8. The number of aliphatic hydroxyl groups is 1. The van der Waals surface area contributed by atoms with Gasteiger partial charge >= 0.3 is 15.2 Å². The summed E-state index contributed by atoms with van der Waals surface area (Å²) in [5.41, 5.74) is 0. The first kappa shape index (κ1) is 18.3. The summed E-state index contributed by atoms with van der Waals surface area (Å²) in [5.74, 6) is 0. The van der Waals surface area contributed by atoms with Gasteiger partial charge < -0.3 is 14.9 Å². The molecule has 0 aromatic rings. The molecule has 3 N–H and O–H groups in total. The van der Waals surface area contributed by atoms with Crippen molar-refractivity contribution in [1.29, 1.82) is 0 Å². The van der Waals surface area contributed by atoms with E-state index < -0.39 is 20.3 Å². The molecule has 0 radical (unpaired) electrons. The fourth-order valence-corrected chi connectivity index (χ4v) is 6.51. The third-order valence-corrected chi connectivity index (χ3v) is 9.29. The van der Waals surface area contributed by atoms with Crippen molar-refractivity contribution < 1.29 is 28.3 Å². The van der Waals surface area contributed by atoms with Crippen molar-refractivity contribution >= 4 is 15.2 Å². The zero-order valence-corrected chi connectivity index (χ0v) is 13.8. The number of rotatable bonds is 10. The molecule has 6 nitrogen and oxygen atoms in total. The lowest BCUT2D eigenvalue weighted by atomic mass is 10.1. The zero-order chi connectivity index (χ0) is 15.3. The molecule has 0 saturated carbocycles. The van der Waals surface area contributed by atoms with Crippen LogP contribution in [0.3, 0.4) is 0 Å². The lowest BCUT2D eigenvalue weighted by molar-refractivity contribution is 0.0876. The minimum Gasteiger partial charge on any atom is -0.367 e. The second-order valence-electron chi connectivity index (χ2n) is 5.48. The topological polar surface area (TPSA) is 104 Å². The Labute approximate surface area is 120 Å². The smallest absolute Gasteiger partial charge is 0.367 e. The van der Waals surface area contributed by atoms with Crippen LogP contribution in [0, 0.1) is 0 Å². The van der Waals surface area contributed by atoms with E-state index in [0.717, 1.165) is 19.3 Å². The van der Waals surface area contributed by atoms with E-state index in [2.05, 4.69) is 11.2 Å². The molecule has 1 aliphatic rings. The van der Waals surface area contributed by atoms with Gasteiger partial charge in [0.2, 0.25) is 0 Å². The van der Waals surface area contributed by atoms with Crippen LogP contribution < -0.4 is 0 Å². The highest BCUT2D eigenvalue weighted by Gasteiger charge is 2.73. The quantitative estimate of drug-likeness (QED) is 0.414. The molecule has 1 rings (SSSR count). The van der Waals surface area contributed by atoms with Gasteiger partial charge in [0.1, 0.15) is 0 Å². The summed E-state index contributed by atoms with van der Waals surface area (Å²) in [6.07, 6.45) is 9.27. The Morgan fingerprint density at radius 2 is 1.25 bits per heavy atom. The summed E-state index contributed by atoms with van der Waals surface area (Å²) < 4.78 is 26.7. The van der Waals surface area contributed by atoms with Crippen LogP contribution in [0.15, 0.2) is 0 Å². The molecule has 120 valence electrons. The predicted molar refractivity (Wildman–Crippen MR) is 77.5 cm³/mol. The molecule has 0 aromatic carbocycles. The summed E-state index contributed by atoms with van der Waals surface area (Å²) in [7, 11) is -8.68. The van der Waals surface area contributed by atoms with Crippen LogP contribution in [0.25, 0.3) is 0 Å². The van der Waals surface area contributed by atoms with Crippen molar-refractivity contribution in [2.45, 2.75) is 76.2 Å². The molecule has 1 heterocycles. The molecular formula is C12H26O6P2.